The molecule has 0 radical (unpaired) electrons. The Morgan fingerprint density at radius 1 is 0.938 bits per heavy atom. The zero-order chi connectivity index (χ0) is 22.9. The third-order valence-electron chi connectivity index (χ3n) is 11.2. The summed E-state index contributed by atoms with van der Waals surface area (Å²) in [6.07, 6.45) is 10.9. The molecule has 182 valence electrons. The van der Waals surface area contributed by atoms with Crippen molar-refractivity contribution in [2.24, 2.45) is 51.3 Å². The SMILES string of the molecule is C[C@H](CCC1=NC(C)(C)CO1)[C@H]1CC[C@H]2[C@@H]3C[C@H](O)[C@@H]4C[C@H](O)CC[C@]4(C)[C@H]3CC[C@]12C. The number of aliphatic imine (C=N–C) groups is 1. The van der Waals surface area contributed by atoms with Crippen LogP contribution in [0.1, 0.15) is 98.8 Å². The fourth-order valence-electron chi connectivity index (χ4n) is 9.60. The van der Waals surface area contributed by atoms with Crippen molar-refractivity contribution in [2.75, 3.05) is 6.61 Å². The van der Waals surface area contributed by atoms with Crippen LogP contribution in [0.25, 0.3) is 0 Å². The van der Waals surface area contributed by atoms with Crippen molar-refractivity contribution in [1.29, 1.82) is 0 Å². The van der Waals surface area contributed by atoms with Crippen molar-refractivity contribution >= 4 is 5.90 Å². The average Bonchev–Trinajstić information content (AvgIpc) is 3.26. The molecule has 4 saturated carbocycles. The van der Waals surface area contributed by atoms with Gasteiger partial charge in [0.25, 0.3) is 0 Å². The quantitative estimate of drug-likeness (QED) is 0.592. The van der Waals surface area contributed by atoms with Gasteiger partial charge in [-0.05, 0) is 118 Å². The first-order valence-corrected chi connectivity index (χ1v) is 13.6. The molecule has 0 spiro atoms. The Hall–Kier alpha value is -0.610. The van der Waals surface area contributed by atoms with E-state index < -0.39 is 0 Å². The highest BCUT2D eigenvalue weighted by Gasteiger charge is 2.62. The van der Waals surface area contributed by atoms with Gasteiger partial charge < -0.3 is 14.9 Å². The Morgan fingerprint density at radius 2 is 1.66 bits per heavy atom. The summed E-state index contributed by atoms with van der Waals surface area (Å²) in [5.74, 6) is 4.90. The maximum atomic E-state index is 11.2. The molecule has 4 fully saturated rings. The number of fused-ring (bicyclic) bond motifs is 5. The van der Waals surface area contributed by atoms with Gasteiger partial charge in [0.2, 0.25) is 0 Å². The fourth-order valence-corrected chi connectivity index (χ4v) is 9.60. The number of ether oxygens (including phenoxy) is 1. The Morgan fingerprint density at radius 3 is 2.38 bits per heavy atom. The molecule has 0 unspecified atom stereocenters. The van der Waals surface area contributed by atoms with Crippen LogP contribution >= 0.6 is 0 Å². The maximum absolute atomic E-state index is 11.2. The summed E-state index contributed by atoms with van der Waals surface area (Å²) in [4.78, 5) is 4.78. The number of hydrogen-bond acceptors (Lipinski definition) is 4. The van der Waals surface area contributed by atoms with Crippen molar-refractivity contribution in [3.05, 3.63) is 0 Å². The van der Waals surface area contributed by atoms with Crippen LogP contribution in [0.4, 0.5) is 0 Å². The lowest BCUT2D eigenvalue weighted by atomic mass is 9.44. The smallest absolute Gasteiger partial charge is 0.183 e. The van der Waals surface area contributed by atoms with Crippen LogP contribution in [0.2, 0.25) is 0 Å². The third kappa shape index (κ3) is 3.67. The molecule has 5 rings (SSSR count). The highest BCUT2D eigenvalue weighted by atomic mass is 16.5. The minimum absolute atomic E-state index is 0.0493. The van der Waals surface area contributed by atoms with Gasteiger partial charge in [-0.2, -0.15) is 0 Å². The molecule has 0 bridgehead atoms. The van der Waals surface area contributed by atoms with Crippen LogP contribution in [0.5, 0.6) is 0 Å². The zero-order valence-corrected chi connectivity index (χ0v) is 21.1. The predicted molar refractivity (Wildman–Crippen MR) is 128 cm³/mol. The van der Waals surface area contributed by atoms with Gasteiger partial charge in [-0.3, -0.25) is 0 Å². The topological polar surface area (TPSA) is 62.0 Å². The zero-order valence-electron chi connectivity index (χ0n) is 21.1. The highest BCUT2D eigenvalue weighted by Crippen LogP contribution is 2.68. The summed E-state index contributed by atoms with van der Waals surface area (Å²) in [5.41, 5.74) is 0.582. The molecule has 32 heavy (non-hydrogen) atoms. The lowest BCUT2D eigenvalue weighted by molar-refractivity contribution is -0.172. The number of rotatable bonds is 4. The molecule has 2 N–H and O–H groups in total. The van der Waals surface area contributed by atoms with E-state index in [2.05, 4.69) is 34.6 Å². The number of aliphatic hydroxyl groups is 2. The van der Waals surface area contributed by atoms with Crippen LogP contribution in [0, 0.1) is 46.3 Å². The molecule has 0 aromatic carbocycles. The molecule has 0 saturated heterocycles. The van der Waals surface area contributed by atoms with Crippen molar-refractivity contribution < 1.29 is 14.9 Å². The minimum Gasteiger partial charge on any atom is -0.478 e. The monoisotopic (exact) mass is 445 g/mol. The molecule has 0 amide bonds. The molecular weight excluding hydrogens is 398 g/mol. The van der Waals surface area contributed by atoms with Crippen molar-refractivity contribution in [2.45, 2.75) is 117 Å². The van der Waals surface area contributed by atoms with Gasteiger partial charge >= 0.3 is 0 Å². The van der Waals surface area contributed by atoms with Gasteiger partial charge in [-0.1, -0.05) is 20.8 Å². The van der Waals surface area contributed by atoms with E-state index in [1.54, 1.807) is 0 Å². The number of hydrogen-bond donors (Lipinski definition) is 2. The molecule has 1 aliphatic heterocycles. The molecular formula is C28H47NO3. The van der Waals surface area contributed by atoms with E-state index in [4.69, 9.17) is 9.73 Å². The molecule has 10 atom stereocenters. The summed E-state index contributed by atoms with van der Waals surface area (Å²) < 4.78 is 5.87. The summed E-state index contributed by atoms with van der Waals surface area (Å²) in [6, 6.07) is 0. The van der Waals surface area contributed by atoms with E-state index in [0.29, 0.717) is 23.2 Å². The van der Waals surface area contributed by atoms with Gasteiger partial charge in [0.1, 0.15) is 6.61 Å². The number of aliphatic hydroxyl groups excluding tert-OH is 2. The molecule has 1 heterocycles. The van der Waals surface area contributed by atoms with E-state index >= 15 is 0 Å². The lowest BCUT2D eigenvalue weighted by Gasteiger charge is -2.62. The summed E-state index contributed by atoms with van der Waals surface area (Å²) >= 11 is 0. The standard InChI is InChI=1S/C28H47NO3/c1-17(6-9-25-29-26(2,3)16-32-25)20-7-8-21-19-15-24(31)23-14-18(30)10-12-28(23,5)22(19)11-13-27(20,21)4/h17-24,30-31H,6-16H2,1-5H3/t17-,18-,19+,20-,21+,22+,23+,24+,27-,28-/m1/s1. The third-order valence-corrected chi connectivity index (χ3v) is 11.2. The van der Waals surface area contributed by atoms with E-state index in [9.17, 15) is 10.2 Å². The van der Waals surface area contributed by atoms with Gasteiger partial charge in [0.15, 0.2) is 5.90 Å². The lowest BCUT2D eigenvalue weighted by Crippen LogP contribution is -2.58. The van der Waals surface area contributed by atoms with Crippen LogP contribution in [0.3, 0.4) is 0 Å². The van der Waals surface area contributed by atoms with Crippen molar-refractivity contribution in [3.8, 4) is 0 Å². The predicted octanol–water partition coefficient (Wildman–Crippen LogP) is 5.60. The second kappa shape index (κ2) is 7.97. The van der Waals surface area contributed by atoms with E-state index in [1.165, 1.54) is 32.1 Å². The maximum Gasteiger partial charge on any atom is 0.183 e. The van der Waals surface area contributed by atoms with E-state index in [-0.39, 0.29) is 23.2 Å². The average molecular weight is 446 g/mol. The molecule has 4 heteroatoms. The van der Waals surface area contributed by atoms with Gasteiger partial charge in [-0.25, -0.2) is 4.99 Å². The first kappa shape index (κ1) is 23.1. The van der Waals surface area contributed by atoms with E-state index in [0.717, 1.165) is 62.4 Å². The van der Waals surface area contributed by atoms with Crippen LogP contribution in [-0.4, -0.2) is 40.5 Å². The fraction of sp³-hybridized carbons (Fsp3) is 0.964. The van der Waals surface area contributed by atoms with Crippen LogP contribution in [-0.2, 0) is 4.74 Å². The first-order valence-electron chi connectivity index (χ1n) is 13.6. The normalized spacial score (nSPS) is 50.6. The van der Waals surface area contributed by atoms with Crippen LogP contribution in [0.15, 0.2) is 4.99 Å². The summed E-state index contributed by atoms with van der Waals surface area (Å²) in [5, 5.41) is 21.5. The molecule has 0 aromatic rings. The second-order valence-electron chi connectivity index (χ2n) is 13.6. The number of nitrogens with zero attached hydrogens (tertiary/aromatic N) is 1. The Kier molecular flexibility index (Phi) is 5.76. The summed E-state index contributed by atoms with van der Waals surface area (Å²) in [7, 11) is 0. The minimum atomic E-state index is -0.226. The van der Waals surface area contributed by atoms with E-state index in [1.807, 2.05) is 0 Å². The van der Waals surface area contributed by atoms with Crippen molar-refractivity contribution in [3.63, 3.8) is 0 Å². The van der Waals surface area contributed by atoms with Crippen LogP contribution < -0.4 is 0 Å². The Balaban J connectivity index is 1.29. The molecule has 4 nitrogen and oxygen atoms in total. The molecule has 0 aromatic heterocycles. The van der Waals surface area contributed by atoms with Gasteiger partial charge in [-0.15, -0.1) is 0 Å². The largest absolute Gasteiger partial charge is 0.478 e. The molecule has 5 aliphatic rings. The molecule has 4 aliphatic carbocycles. The second-order valence-corrected chi connectivity index (χ2v) is 13.6. The Labute approximate surface area is 195 Å². The Bertz CT molecular complexity index is 749. The summed E-state index contributed by atoms with van der Waals surface area (Å²) in [6.45, 7) is 12.6. The van der Waals surface area contributed by atoms with Gasteiger partial charge in [0.05, 0.1) is 17.7 Å². The highest BCUT2D eigenvalue weighted by molar-refractivity contribution is 5.78. The van der Waals surface area contributed by atoms with Gasteiger partial charge in [0, 0.05) is 6.42 Å². The first-order chi connectivity index (χ1) is 15.0. The van der Waals surface area contributed by atoms with Crippen molar-refractivity contribution in [1.82, 2.24) is 0 Å².